The number of esters is 1. The number of carbonyl (C=O) groups excluding carboxylic acids is 2. The van der Waals surface area contributed by atoms with Gasteiger partial charge in [-0.25, -0.2) is 4.79 Å². The smallest absolute Gasteiger partial charge is 0.410 e. The predicted molar refractivity (Wildman–Crippen MR) is 68.6 cm³/mol. The molecule has 0 radical (unpaired) electrons. The third-order valence-electron chi connectivity index (χ3n) is 2.91. The molecule has 6 heteroatoms. The molecule has 110 valence electrons. The zero-order valence-electron chi connectivity index (χ0n) is 12.0. The van der Waals surface area contributed by atoms with E-state index in [1.165, 1.54) is 11.8 Å². The summed E-state index contributed by atoms with van der Waals surface area (Å²) in [6.45, 7) is 6.72. The molecule has 2 atom stereocenters. The van der Waals surface area contributed by atoms with Crippen molar-refractivity contribution in [3.05, 3.63) is 0 Å². The third kappa shape index (κ3) is 4.70. The number of rotatable bonds is 3. The second-order valence-corrected chi connectivity index (χ2v) is 5.76. The van der Waals surface area contributed by atoms with Crippen molar-refractivity contribution in [1.82, 2.24) is 4.90 Å². The van der Waals surface area contributed by atoms with Crippen molar-refractivity contribution < 1.29 is 24.2 Å². The minimum Gasteiger partial charge on any atom is -0.464 e. The summed E-state index contributed by atoms with van der Waals surface area (Å²) in [5.74, 6) is -0.378. The van der Waals surface area contributed by atoms with Crippen molar-refractivity contribution in [1.29, 1.82) is 0 Å². The molecule has 1 saturated heterocycles. The average molecular weight is 273 g/mol. The lowest BCUT2D eigenvalue weighted by atomic mass is 10.2. The van der Waals surface area contributed by atoms with Gasteiger partial charge in [0.15, 0.2) is 0 Å². The zero-order chi connectivity index (χ0) is 14.6. The summed E-state index contributed by atoms with van der Waals surface area (Å²) in [5.41, 5.74) is -0.592. The highest BCUT2D eigenvalue weighted by Crippen LogP contribution is 2.26. The quantitative estimate of drug-likeness (QED) is 0.785. The molecule has 0 aromatic carbocycles. The van der Waals surface area contributed by atoms with Gasteiger partial charge in [0.05, 0.1) is 18.7 Å². The molecular formula is C13H23NO5. The van der Waals surface area contributed by atoms with E-state index in [-0.39, 0.29) is 31.3 Å². The summed E-state index contributed by atoms with van der Waals surface area (Å²) >= 11 is 0. The topological polar surface area (TPSA) is 76.1 Å². The Balaban J connectivity index is 2.71. The van der Waals surface area contributed by atoms with Crippen LogP contribution in [0.3, 0.4) is 0 Å². The zero-order valence-corrected chi connectivity index (χ0v) is 12.0. The first-order valence-electron chi connectivity index (χ1n) is 6.50. The number of amides is 1. The monoisotopic (exact) mass is 273 g/mol. The highest BCUT2D eigenvalue weighted by Gasteiger charge is 2.39. The minimum atomic E-state index is -0.592. The second kappa shape index (κ2) is 6.23. The Labute approximate surface area is 113 Å². The van der Waals surface area contributed by atoms with Gasteiger partial charge in [0.25, 0.3) is 0 Å². The van der Waals surface area contributed by atoms with Gasteiger partial charge in [-0.1, -0.05) is 0 Å². The Bertz CT molecular complexity index is 336. The van der Waals surface area contributed by atoms with Crippen LogP contribution in [0.1, 0.15) is 40.5 Å². The summed E-state index contributed by atoms with van der Waals surface area (Å²) in [5, 5.41) is 9.32. The van der Waals surface area contributed by atoms with Crippen LogP contribution in [0.4, 0.5) is 4.79 Å². The summed E-state index contributed by atoms with van der Waals surface area (Å²) < 4.78 is 10.3. The van der Waals surface area contributed by atoms with Gasteiger partial charge >= 0.3 is 12.1 Å². The van der Waals surface area contributed by atoms with Crippen molar-refractivity contribution in [3.63, 3.8) is 0 Å². The normalized spacial score (nSPS) is 23.3. The number of carbonyl (C=O) groups is 2. The standard InChI is InChI=1S/C13H23NO5/c1-9(16)18-8-11-6-5-10(7-15)14(11)12(17)19-13(2,3)4/h10-11,15H,5-8H2,1-4H3/t10-,11+/m1/s1. The van der Waals surface area contributed by atoms with Gasteiger partial charge in [-0.2, -0.15) is 0 Å². The van der Waals surface area contributed by atoms with Gasteiger partial charge in [-0.05, 0) is 33.6 Å². The van der Waals surface area contributed by atoms with Gasteiger partial charge in [0, 0.05) is 6.92 Å². The molecule has 0 saturated carbocycles. The van der Waals surface area contributed by atoms with Crippen molar-refractivity contribution in [2.24, 2.45) is 0 Å². The van der Waals surface area contributed by atoms with Crippen LogP contribution in [0.25, 0.3) is 0 Å². The lowest BCUT2D eigenvalue weighted by Gasteiger charge is -2.31. The first kappa shape index (κ1) is 15.8. The first-order chi connectivity index (χ1) is 8.74. The molecule has 1 aliphatic rings. The highest BCUT2D eigenvalue weighted by atomic mass is 16.6. The summed E-state index contributed by atoms with van der Waals surface area (Å²) in [6.07, 6.45) is 0.903. The van der Waals surface area contributed by atoms with Crippen molar-refractivity contribution in [3.8, 4) is 0 Å². The number of likely N-dealkylation sites (tertiary alicyclic amines) is 1. The second-order valence-electron chi connectivity index (χ2n) is 5.76. The molecule has 1 heterocycles. The molecule has 0 unspecified atom stereocenters. The molecule has 1 aliphatic heterocycles. The molecule has 0 spiro atoms. The summed E-state index contributed by atoms with van der Waals surface area (Å²) in [7, 11) is 0. The number of aliphatic hydroxyl groups is 1. The van der Waals surface area contributed by atoms with E-state index in [1.807, 2.05) is 0 Å². The molecular weight excluding hydrogens is 250 g/mol. The van der Waals surface area contributed by atoms with Crippen LogP contribution in [-0.4, -0.2) is 53.0 Å². The highest BCUT2D eigenvalue weighted by molar-refractivity contribution is 5.70. The van der Waals surface area contributed by atoms with E-state index in [0.717, 1.165) is 0 Å². The molecule has 0 aromatic heterocycles. The van der Waals surface area contributed by atoms with E-state index in [4.69, 9.17) is 9.47 Å². The van der Waals surface area contributed by atoms with Crippen LogP contribution in [0, 0.1) is 0 Å². The van der Waals surface area contributed by atoms with Gasteiger partial charge in [0.2, 0.25) is 0 Å². The maximum atomic E-state index is 12.1. The fourth-order valence-corrected chi connectivity index (χ4v) is 2.13. The van der Waals surface area contributed by atoms with Gasteiger partial charge < -0.3 is 14.6 Å². The molecule has 19 heavy (non-hydrogen) atoms. The van der Waals surface area contributed by atoms with E-state index in [9.17, 15) is 14.7 Å². The van der Waals surface area contributed by atoms with Crippen molar-refractivity contribution in [2.75, 3.05) is 13.2 Å². The number of hydrogen-bond donors (Lipinski definition) is 1. The third-order valence-corrected chi connectivity index (χ3v) is 2.91. The van der Waals surface area contributed by atoms with E-state index in [1.54, 1.807) is 20.8 Å². The lowest BCUT2D eigenvalue weighted by molar-refractivity contribution is -0.142. The molecule has 1 amide bonds. The SMILES string of the molecule is CC(=O)OC[C@@H]1CC[C@H](CO)N1C(=O)OC(C)(C)C. The predicted octanol–water partition coefficient (Wildman–Crippen LogP) is 1.31. The largest absolute Gasteiger partial charge is 0.464 e. The van der Waals surface area contributed by atoms with Crippen LogP contribution in [0.5, 0.6) is 0 Å². The number of hydrogen-bond acceptors (Lipinski definition) is 5. The molecule has 0 aliphatic carbocycles. The van der Waals surface area contributed by atoms with E-state index < -0.39 is 11.7 Å². The fourth-order valence-electron chi connectivity index (χ4n) is 2.13. The van der Waals surface area contributed by atoms with Crippen LogP contribution in [0.2, 0.25) is 0 Å². The fraction of sp³-hybridized carbons (Fsp3) is 0.846. The molecule has 1 N–H and O–H groups in total. The number of ether oxygens (including phenoxy) is 2. The Morgan fingerprint density at radius 3 is 2.32 bits per heavy atom. The molecule has 1 rings (SSSR count). The Kier molecular flexibility index (Phi) is 5.17. The van der Waals surface area contributed by atoms with Gasteiger partial charge in [-0.3, -0.25) is 9.69 Å². The van der Waals surface area contributed by atoms with Crippen molar-refractivity contribution in [2.45, 2.75) is 58.2 Å². The Hall–Kier alpha value is -1.30. The number of aliphatic hydroxyl groups excluding tert-OH is 1. The average Bonchev–Trinajstić information content (AvgIpc) is 2.66. The van der Waals surface area contributed by atoms with Gasteiger partial charge in [0.1, 0.15) is 12.2 Å². The number of nitrogens with zero attached hydrogens (tertiary/aromatic N) is 1. The van der Waals surface area contributed by atoms with Crippen LogP contribution >= 0.6 is 0 Å². The van der Waals surface area contributed by atoms with Crippen LogP contribution in [-0.2, 0) is 14.3 Å². The molecule has 0 aromatic rings. The minimum absolute atomic E-state index is 0.115. The Morgan fingerprint density at radius 1 is 1.26 bits per heavy atom. The molecule has 0 bridgehead atoms. The van der Waals surface area contributed by atoms with E-state index in [2.05, 4.69) is 0 Å². The van der Waals surface area contributed by atoms with Crippen LogP contribution in [0.15, 0.2) is 0 Å². The maximum Gasteiger partial charge on any atom is 0.410 e. The van der Waals surface area contributed by atoms with Crippen LogP contribution < -0.4 is 0 Å². The lowest BCUT2D eigenvalue weighted by Crippen LogP contribution is -2.47. The maximum absolute atomic E-state index is 12.1. The molecule has 6 nitrogen and oxygen atoms in total. The summed E-state index contributed by atoms with van der Waals surface area (Å²) in [4.78, 5) is 24.5. The summed E-state index contributed by atoms with van der Waals surface area (Å²) in [6, 6.07) is -0.494. The Morgan fingerprint density at radius 2 is 1.84 bits per heavy atom. The molecule has 1 fully saturated rings. The van der Waals surface area contributed by atoms with E-state index in [0.29, 0.717) is 12.8 Å². The van der Waals surface area contributed by atoms with Gasteiger partial charge in [-0.15, -0.1) is 0 Å². The van der Waals surface area contributed by atoms with Crippen molar-refractivity contribution >= 4 is 12.1 Å². The first-order valence-corrected chi connectivity index (χ1v) is 6.50. The van der Waals surface area contributed by atoms with E-state index >= 15 is 0 Å².